The highest BCUT2D eigenvalue weighted by Gasteiger charge is 2.17. The Hall–Kier alpha value is -1.34. The van der Waals surface area contributed by atoms with Crippen LogP contribution in [0.25, 0.3) is 10.2 Å². The van der Waals surface area contributed by atoms with Crippen molar-refractivity contribution in [1.29, 1.82) is 0 Å². The molecule has 0 spiro atoms. The molecule has 0 atom stereocenters. The number of aromatic nitrogens is 1. The number of hydrogen-bond acceptors (Lipinski definition) is 4. The quantitative estimate of drug-likeness (QED) is 0.723. The molecule has 22 heavy (non-hydrogen) atoms. The molecule has 0 aliphatic rings. The van der Waals surface area contributed by atoms with Gasteiger partial charge in [0.15, 0.2) is 5.13 Å². The number of rotatable bonds is 3. The van der Waals surface area contributed by atoms with Gasteiger partial charge in [0.05, 0.1) is 15.1 Å². The molecule has 0 bridgehead atoms. The summed E-state index contributed by atoms with van der Waals surface area (Å²) in [7, 11) is -3.69. The Morgan fingerprint density at radius 3 is 2.45 bits per heavy atom. The van der Waals surface area contributed by atoms with Crippen LogP contribution in [-0.2, 0) is 10.0 Å². The molecule has 3 rings (SSSR count). The van der Waals surface area contributed by atoms with Crippen LogP contribution in [0, 0.1) is 6.92 Å². The van der Waals surface area contributed by atoms with Crippen LogP contribution in [0.15, 0.2) is 41.3 Å². The Balaban J connectivity index is 1.98. The van der Waals surface area contributed by atoms with E-state index in [9.17, 15) is 8.42 Å². The molecule has 1 heterocycles. The lowest BCUT2D eigenvalue weighted by Crippen LogP contribution is -2.12. The fourth-order valence-corrected chi connectivity index (χ4v) is 4.67. The van der Waals surface area contributed by atoms with Gasteiger partial charge in [-0.15, -0.1) is 0 Å². The van der Waals surface area contributed by atoms with Crippen molar-refractivity contribution < 1.29 is 8.42 Å². The van der Waals surface area contributed by atoms with Gasteiger partial charge in [-0.1, -0.05) is 34.5 Å². The first kappa shape index (κ1) is 15.6. The normalized spacial score (nSPS) is 11.8. The van der Waals surface area contributed by atoms with E-state index in [-0.39, 0.29) is 4.90 Å². The Bertz CT molecular complexity index is 951. The van der Waals surface area contributed by atoms with Crippen LogP contribution in [0.5, 0.6) is 0 Å². The predicted octanol–water partition coefficient (Wildman–Crippen LogP) is 4.71. The molecule has 1 aromatic heterocycles. The summed E-state index contributed by atoms with van der Waals surface area (Å²) in [5, 5.41) is 1.38. The minimum atomic E-state index is -3.69. The van der Waals surface area contributed by atoms with Gasteiger partial charge in [-0.05, 0) is 48.9 Å². The minimum absolute atomic E-state index is 0.130. The van der Waals surface area contributed by atoms with Gasteiger partial charge in [0, 0.05) is 10.0 Å². The number of nitrogens with one attached hydrogen (secondary N) is 1. The largest absolute Gasteiger partial charge is 0.263 e. The molecular formula is C14H10Cl2N2O2S2. The van der Waals surface area contributed by atoms with E-state index in [4.69, 9.17) is 23.2 Å². The van der Waals surface area contributed by atoms with Gasteiger partial charge in [0.2, 0.25) is 0 Å². The van der Waals surface area contributed by atoms with Crippen molar-refractivity contribution in [3.05, 3.63) is 52.0 Å². The molecule has 4 nitrogen and oxygen atoms in total. The van der Waals surface area contributed by atoms with Crippen LogP contribution in [0.1, 0.15) is 5.56 Å². The summed E-state index contributed by atoms with van der Waals surface area (Å²) in [4.78, 5) is 4.46. The second kappa shape index (κ2) is 5.70. The lowest BCUT2D eigenvalue weighted by molar-refractivity contribution is 0.601. The van der Waals surface area contributed by atoms with E-state index in [1.54, 1.807) is 12.1 Å². The zero-order chi connectivity index (χ0) is 15.9. The highest BCUT2D eigenvalue weighted by atomic mass is 35.5. The SMILES string of the molecule is Cc1cc(Cl)cc2sc(NS(=O)(=O)c3ccc(Cl)cc3)nc12. The summed E-state index contributed by atoms with van der Waals surface area (Å²) in [6, 6.07) is 9.50. The van der Waals surface area contributed by atoms with Gasteiger partial charge in [-0.3, -0.25) is 4.72 Å². The fraction of sp³-hybridized carbons (Fsp3) is 0.0714. The van der Waals surface area contributed by atoms with Gasteiger partial charge in [0.25, 0.3) is 10.0 Å². The van der Waals surface area contributed by atoms with E-state index in [1.807, 2.05) is 6.92 Å². The number of nitrogens with zero attached hydrogens (tertiary/aromatic N) is 1. The van der Waals surface area contributed by atoms with Crippen LogP contribution in [0.3, 0.4) is 0 Å². The molecule has 0 radical (unpaired) electrons. The summed E-state index contributed by atoms with van der Waals surface area (Å²) < 4.78 is 28.0. The molecule has 2 aromatic carbocycles. The van der Waals surface area contributed by atoms with Crippen molar-refractivity contribution in [3.63, 3.8) is 0 Å². The third-order valence-corrected chi connectivity index (χ3v) is 5.87. The van der Waals surface area contributed by atoms with Gasteiger partial charge in [-0.2, -0.15) is 0 Å². The smallest absolute Gasteiger partial charge is 0.255 e. The van der Waals surface area contributed by atoms with Crippen molar-refractivity contribution in [1.82, 2.24) is 4.98 Å². The lowest BCUT2D eigenvalue weighted by Gasteiger charge is -2.04. The highest BCUT2D eigenvalue weighted by molar-refractivity contribution is 7.93. The second-order valence-corrected chi connectivity index (χ2v) is 8.23. The number of halogens is 2. The molecule has 0 amide bonds. The van der Waals surface area contributed by atoms with Crippen molar-refractivity contribution in [2.75, 3.05) is 4.72 Å². The third kappa shape index (κ3) is 3.05. The number of thiazole rings is 1. The van der Waals surface area contributed by atoms with Crippen LogP contribution >= 0.6 is 34.5 Å². The Kier molecular flexibility index (Phi) is 4.03. The van der Waals surface area contributed by atoms with Crippen molar-refractivity contribution in [3.8, 4) is 0 Å². The van der Waals surface area contributed by atoms with E-state index in [0.29, 0.717) is 15.2 Å². The molecule has 3 aromatic rings. The third-order valence-electron chi connectivity index (χ3n) is 3.00. The highest BCUT2D eigenvalue weighted by Crippen LogP contribution is 2.32. The van der Waals surface area contributed by atoms with Gasteiger partial charge >= 0.3 is 0 Å². The van der Waals surface area contributed by atoms with Gasteiger partial charge < -0.3 is 0 Å². The molecule has 0 saturated carbocycles. The number of fused-ring (bicyclic) bond motifs is 1. The summed E-state index contributed by atoms with van der Waals surface area (Å²) in [6.45, 7) is 1.88. The first-order valence-corrected chi connectivity index (χ1v) is 9.26. The van der Waals surface area contributed by atoms with Crippen LogP contribution in [0.2, 0.25) is 10.0 Å². The maximum Gasteiger partial charge on any atom is 0.263 e. The number of hydrogen-bond donors (Lipinski definition) is 1. The molecule has 0 aliphatic heterocycles. The lowest BCUT2D eigenvalue weighted by atomic mass is 10.2. The number of sulfonamides is 1. The first-order chi connectivity index (χ1) is 10.3. The Morgan fingerprint density at radius 1 is 1.09 bits per heavy atom. The average molecular weight is 373 g/mol. The number of aryl methyl sites for hydroxylation is 1. The predicted molar refractivity (Wildman–Crippen MR) is 91.6 cm³/mol. The van der Waals surface area contributed by atoms with Crippen LogP contribution in [0.4, 0.5) is 5.13 Å². The van der Waals surface area contributed by atoms with E-state index >= 15 is 0 Å². The zero-order valence-electron chi connectivity index (χ0n) is 11.3. The van der Waals surface area contributed by atoms with Crippen molar-refractivity contribution in [2.45, 2.75) is 11.8 Å². The topological polar surface area (TPSA) is 59.1 Å². The summed E-state index contributed by atoms with van der Waals surface area (Å²) in [5.41, 5.74) is 1.64. The van der Waals surface area contributed by atoms with Gasteiger partial charge in [-0.25, -0.2) is 13.4 Å². The van der Waals surface area contributed by atoms with Crippen LogP contribution in [-0.4, -0.2) is 13.4 Å². The zero-order valence-corrected chi connectivity index (χ0v) is 14.4. The van der Waals surface area contributed by atoms with E-state index < -0.39 is 10.0 Å². The molecule has 0 unspecified atom stereocenters. The monoisotopic (exact) mass is 372 g/mol. The fourth-order valence-electron chi connectivity index (χ4n) is 1.99. The molecule has 114 valence electrons. The van der Waals surface area contributed by atoms with Crippen molar-refractivity contribution in [2.24, 2.45) is 0 Å². The summed E-state index contributed by atoms with van der Waals surface area (Å²) in [6.07, 6.45) is 0. The molecule has 8 heteroatoms. The Labute approximate surface area is 141 Å². The minimum Gasteiger partial charge on any atom is -0.255 e. The molecule has 0 saturated heterocycles. The Morgan fingerprint density at radius 2 is 1.77 bits per heavy atom. The molecule has 0 aliphatic carbocycles. The van der Waals surface area contributed by atoms with E-state index in [2.05, 4.69) is 9.71 Å². The van der Waals surface area contributed by atoms with Crippen molar-refractivity contribution >= 4 is 59.9 Å². The summed E-state index contributed by atoms with van der Waals surface area (Å²) >= 11 is 13.0. The van der Waals surface area contributed by atoms with E-state index in [1.165, 1.54) is 35.6 Å². The molecular weight excluding hydrogens is 363 g/mol. The first-order valence-electron chi connectivity index (χ1n) is 6.20. The number of anilines is 1. The molecule has 1 N–H and O–H groups in total. The average Bonchev–Trinajstić information content (AvgIpc) is 2.81. The van der Waals surface area contributed by atoms with Crippen LogP contribution < -0.4 is 4.72 Å². The number of benzene rings is 2. The summed E-state index contributed by atoms with van der Waals surface area (Å²) in [5.74, 6) is 0. The van der Waals surface area contributed by atoms with E-state index in [0.717, 1.165) is 15.8 Å². The standard InChI is InChI=1S/C14H10Cl2N2O2S2/c1-8-6-10(16)7-12-13(8)17-14(21-12)18-22(19,20)11-4-2-9(15)3-5-11/h2-7H,1H3,(H,17,18). The molecule has 0 fully saturated rings. The van der Waals surface area contributed by atoms with Gasteiger partial charge in [0.1, 0.15) is 0 Å². The second-order valence-electron chi connectivity index (χ2n) is 4.65. The maximum atomic E-state index is 12.3. The maximum absolute atomic E-state index is 12.3.